The average Bonchev–Trinajstić information content (AvgIpc) is 2.56. The van der Waals surface area contributed by atoms with Crippen LogP contribution >= 0.6 is 0 Å². The zero-order valence-corrected chi connectivity index (χ0v) is 14.0. The van der Waals surface area contributed by atoms with Crippen molar-refractivity contribution >= 4 is 5.69 Å². The van der Waals surface area contributed by atoms with Gasteiger partial charge in [0.15, 0.2) is 0 Å². The average molecular weight is 301 g/mol. The molecule has 0 unspecified atom stereocenters. The highest BCUT2D eigenvalue weighted by Crippen LogP contribution is 2.32. The van der Waals surface area contributed by atoms with E-state index in [4.69, 9.17) is 0 Å². The lowest BCUT2D eigenvalue weighted by molar-refractivity contribution is 0.840. The summed E-state index contributed by atoms with van der Waals surface area (Å²) in [4.78, 5) is 2.33. The van der Waals surface area contributed by atoms with Crippen molar-refractivity contribution in [1.29, 1.82) is 0 Å². The molecule has 0 amide bonds. The molecule has 0 spiro atoms. The van der Waals surface area contributed by atoms with Crippen LogP contribution in [-0.2, 0) is 12.8 Å². The van der Waals surface area contributed by atoms with Gasteiger partial charge in [0.2, 0.25) is 0 Å². The normalized spacial score (nSPS) is 16.1. The van der Waals surface area contributed by atoms with Gasteiger partial charge in [-0.15, -0.1) is 0 Å². The summed E-state index contributed by atoms with van der Waals surface area (Å²) in [6.07, 6.45) is 9.29. The van der Waals surface area contributed by atoms with Gasteiger partial charge in [-0.05, 0) is 73.1 Å². The number of fused-ring (bicyclic) bond motifs is 1. The minimum atomic E-state index is 1.13. The number of rotatable bonds is 3. The van der Waals surface area contributed by atoms with Crippen molar-refractivity contribution in [2.45, 2.75) is 32.6 Å². The number of nitrogens with zero attached hydrogens (tertiary/aromatic N) is 1. The van der Waals surface area contributed by atoms with Crippen LogP contribution in [0.2, 0.25) is 0 Å². The third kappa shape index (κ3) is 2.72. The van der Waals surface area contributed by atoms with Crippen molar-refractivity contribution < 1.29 is 0 Å². The van der Waals surface area contributed by atoms with Crippen LogP contribution in [-0.4, -0.2) is 7.05 Å². The van der Waals surface area contributed by atoms with Gasteiger partial charge in [0.05, 0.1) is 0 Å². The Kier molecular flexibility index (Phi) is 3.57. The first kappa shape index (κ1) is 14.3. The van der Waals surface area contributed by atoms with E-state index in [9.17, 15) is 0 Å². The molecule has 0 bridgehead atoms. The Bertz CT molecular complexity index is 810. The Hall–Kier alpha value is -2.28. The zero-order chi connectivity index (χ0) is 15.8. The summed E-state index contributed by atoms with van der Waals surface area (Å²) in [5.74, 6) is 0. The number of hydrogen-bond donors (Lipinski definition) is 0. The van der Waals surface area contributed by atoms with Gasteiger partial charge >= 0.3 is 0 Å². The van der Waals surface area contributed by atoms with E-state index in [1.54, 1.807) is 0 Å². The molecule has 4 rings (SSSR count). The van der Waals surface area contributed by atoms with Crippen LogP contribution in [0.25, 0.3) is 11.1 Å². The summed E-state index contributed by atoms with van der Waals surface area (Å²) in [6.45, 7) is 2.21. The topological polar surface area (TPSA) is 3.24 Å². The molecular weight excluding hydrogens is 278 g/mol. The van der Waals surface area contributed by atoms with Gasteiger partial charge in [0, 0.05) is 18.4 Å². The number of benzene rings is 2. The molecule has 0 saturated carbocycles. The van der Waals surface area contributed by atoms with E-state index in [0.29, 0.717) is 0 Å². The Morgan fingerprint density at radius 2 is 1.61 bits per heavy atom. The Morgan fingerprint density at radius 1 is 0.783 bits per heavy atom. The first-order valence-electron chi connectivity index (χ1n) is 8.53. The van der Waals surface area contributed by atoms with Gasteiger partial charge in [0.1, 0.15) is 0 Å². The van der Waals surface area contributed by atoms with E-state index in [1.165, 1.54) is 58.5 Å². The molecule has 2 aliphatic carbocycles. The molecule has 0 N–H and O–H groups in total. The molecule has 0 fully saturated rings. The molecule has 2 aromatic rings. The smallest absolute Gasteiger partial charge is 0.0411 e. The fourth-order valence-corrected chi connectivity index (χ4v) is 3.44. The lowest BCUT2D eigenvalue weighted by Gasteiger charge is -2.25. The first-order chi connectivity index (χ1) is 11.2. The van der Waals surface area contributed by atoms with Gasteiger partial charge < -0.3 is 4.90 Å². The Labute approximate surface area is 139 Å². The molecule has 2 aromatic carbocycles. The van der Waals surface area contributed by atoms with Crippen LogP contribution in [0.4, 0.5) is 5.69 Å². The highest BCUT2D eigenvalue weighted by atomic mass is 15.1. The second-order valence-corrected chi connectivity index (χ2v) is 6.76. The maximum absolute atomic E-state index is 2.37. The van der Waals surface area contributed by atoms with Crippen LogP contribution in [0, 0.1) is 0 Å². The second kappa shape index (κ2) is 5.73. The fraction of sp³-hybridized carbons (Fsp3) is 0.273. The van der Waals surface area contributed by atoms with Crippen molar-refractivity contribution in [3.8, 4) is 11.1 Å². The molecule has 2 aliphatic rings. The van der Waals surface area contributed by atoms with Crippen molar-refractivity contribution in [2.75, 3.05) is 11.9 Å². The first-order valence-corrected chi connectivity index (χ1v) is 8.53. The molecule has 0 aliphatic heterocycles. The predicted molar refractivity (Wildman–Crippen MR) is 98.8 cm³/mol. The van der Waals surface area contributed by atoms with Gasteiger partial charge in [-0.25, -0.2) is 0 Å². The lowest BCUT2D eigenvalue weighted by Crippen LogP contribution is -2.17. The van der Waals surface area contributed by atoms with E-state index in [2.05, 4.69) is 73.5 Å². The number of hydrogen-bond acceptors (Lipinski definition) is 1. The summed E-state index contributed by atoms with van der Waals surface area (Å²) in [5.41, 5.74) is 9.83. The van der Waals surface area contributed by atoms with Gasteiger partial charge in [-0.2, -0.15) is 0 Å². The molecule has 0 saturated heterocycles. The third-order valence-corrected chi connectivity index (χ3v) is 5.20. The van der Waals surface area contributed by atoms with Crippen LogP contribution in [0.5, 0.6) is 0 Å². The van der Waals surface area contributed by atoms with Crippen molar-refractivity contribution in [2.24, 2.45) is 0 Å². The molecule has 0 aromatic heterocycles. The quantitative estimate of drug-likeness (QED) is 0.722. The number of allylic oxidation sites excluding steroid dienone is 4. The van der Waals surface area contributed by atoms with E-state index < -0.39 is 0 Å². The summed E-state index contributed by atoms with van der Waals surface area (Å²) in [7, 11) is 2.18. The predicted octanol–water partition coefficient (Wildman–Crippen LogP) is 5.51. The van der Waals surface area contributed by atoms with Crippen LogP contribution < -0.4 is 4.90 Å². The van der Waals surface area contributed by atoms with E-state index in [-0.39, 0.29) is 0 Å². The van der Waals surface area contributed by atoms with E-state index >= 15 is 0 Å². The Balaban J connectivity index is 1.64. The molecule has 0 radical (unpaired) electrons. The molecule has 23 heavy (non-hydrogen) atoms. The summed E-state index contributed by atoms with van der Waals surface area (Å²) in [5, 5.41) is 0. The third-order valence-electron chi connectivity index (χ3n) is 5.20. The maximum Gasteiger partial charge on any atom is 0.0411 e. The fourth-order valence-electron chi connectivity index (χ4n) is 3.44. The minimum absolute atomic E-state index is 1.13. The van der Waals surface area contributed by atoms with Crippen molar-refractivity contribution in [3.05, 3.63) is 77.0 Å². The van der Waals surface area contributed by atoms with Crippen LogP contribution in [0.1, 0.15) is 30.9 Å². The molecular formula is C22H23N. The monoisotopic (exact) mass is 301 g/mol. The molecule has 116 valence electrons. The van der Waals surface area contributed by atoms with E-state index in [1.807, 2.05) is 0 Å². The van der Waals surface area contributed by atoms with Gasteiger partial charge in [-0.3, -0.25) is 0 Å². The minimum Gasteiger partial charge on any atom is -0.348 e. The standard InChI is InChI=1S/C22H23N/c1-16-6-12-21(13-7-16)23(2)22-5-3-4-18(15-22)20-11-9-17-8-10-19(17)14-20/h3-6,9,11-12,14-15H,7-8,10,13H2,1-2H3. The molecule has 0 heterocycles. The summed E-state index contributed by atoms with van der Waals surface area (Å²) >= 11 is 0. The molecule has 0 atom stereocenters. The number of anilines is 1. The number of aryl methyl sites for hydroxylation is 2. The second-order valence-electron chi connectivity index (χ2n) is 6.76. The summed E-state index contributed by atoms with van der Waals surface area (Å²) in [6, 6.07) is 15.8. The van der Waals surface area contributed by atoms with E-state index in [0.717, 1.165) is 6.42 Å². The molecule has 1 heteroatoms. The van der Waals surface area contributed by atoms with Crippen molar-refractivity contribution in [1.82, 2.24) is 0 Å². The van der Waals surface area contributed by atoms with Gasteiger partial charge in [-0.1, -0.05) is 42.0 Å². The van der Waals surface area contributed by atoms with Crippen molar-refractivity contribution in [3.63, 3.8) is 0 Å². The molecule has 1 nitrogen and oxygen atoms in total. The van der Waals surface area contributed by atoms with Gasteiger partial charge in [0.25, 0.3) is 0 Å². The maximum atomic E-state index is 2.37. The highest BCUT2D eigenvalue weighted by molar-refractivity contribution is 5.71. The zero-order valence-electron chi connectivity index (χ0n) is 14.0. The van der Waals surface area contributed by atoms with Crippen LogP contribution in [0.15, 0.2) is 65.9 Å². The summed E-state index contributed by atoms with van der Waals surface area (Å²) < 4.78 is 0. The highest BCUT2D eigenvalue weighted by Gasteiger charge is 2.14. The largest absolute Gasteiger partial charge is 0.348 e. The lowest BCUT2D eigenvalue weighted by atomic mass is 9.86. The van der Waals surface area contributed by atoms with Crippen LogP contribution in [0.3, 0.4) is 0 Å². The SMILES string of the molecule is CC1=CC=C(N(C)c2cccc(-c3ccc4c(c3)CC4)c2)CC1. The Morgan fingerprint density at radius 3 is 2.30 bits per heavy atom.